The summed E-state index contributed by atoms with van der Waals surface area (Å²) < 4.78 is 10.3. The maximum absolute atomic E-state index is 12.4. The third-order valence-electron chi connectivity index (χ3n) is 3.70. The average Bonchev–Trinajstić information content (AvgIpc) is 2.67. The van der Waals surface area contributed by atoms with E-state index in [-0.39, 0.29) is 27.7 Å². The number of hydrogen-bond acceptors (Lipinski definition) is 7. The van der Waals surface area contributed by atoms with Gasteiger partial charge >= 0.3 is 5.97 Å². The highest BCUT2D eigenvalue weighted by molar-refractivity contribution is 7.98. The summed E-state index contributed by atoms with van der Waals surface area (Å²) in [6.45, 7) is 1.38. The van der Waals surface area contributed by atoms with Crippen molar-refractivity contribution in [2.24, 2.45) is 0 Å². The summed E-state index contributed by atoms with van der Waals surface area (Å²) in [4.78, 5) is 35.9. The molecule has 0 bridgehead atoms. The van der Waals surface area contributed by atoms with Crippen LogP contribution in [0.5, 0.6) is 5.75 Å². The summed E-state index contributed by atoms with van der Waals surface area (Å²) in [5, 5.41) is 13.6. The van der Waals surface area contributed by atoms with E-state index in [0.717, 1.165) is 11.0 Å². The normalized spacial score (nSPS) is 11.4. The van der Waals surface area contributed by atoms with Crippen LogP contribution < -0.4 is 10.1 Å². The average molecular weight is 425 g/mol. The van der Waals surface area contributed by atoms with Gasteiger partial charge in [-0.05, 0) is 37.4 Å². The van der Waals surface area contributed by atoms with Crippen molar-refractivity contribution in [2.45, 2.75) is 17.9 Å². The number of esters is 1. The molecule has 1 unspecified atom stereocenters. The first kappa shape index (κ1) is 21.5. The van der Waals surface area contributed by atoms with Gasteiger partial charge in [0.15, 0.2) is 6.10 Å². The third kappa shape index (κ3) is 5.14. The van der Waals surface area contributed by atoms with Crippen molar-refractivity contribution in [3.05, 3.63) is 57.1 Å². The smallest absolute Gasteiger partial charge is 0.340 e. The summed E-state index contributed by atoms with van der Waals surface area (Å²) in [5.41, 5.74) is 0.00881. The van der Waals surface area contributed by atoms with Gasteiger partial charge in [0.1, 0.15) is 5.75 Å². The third-order valence-corrected chi connectivity index (χ3v) is 4.75. The number of carbonyl (C=O) groups is 2. The Bertz CT molecular complexity index is 921. The van der Waals surface area contributed by atoms with Crippen molar-refractivity contribution in [1.29, 1.82) is 0 Å². The van der Waals surface area contributed by atoms with E-state index in [9.17, 15) is 19.7 Å². The van der Waals surface area contributed by atoms with Crippen LogP contribution in [-0.2, 0) is 9.53 Å². The van der Waals surface area contributed by atoms with Crippen LogP contribution in [0.25, 0.3) is 0 Å². The minimum absolute atomic E-state index is 0.0898. The lowest BCUT2D eigenvalue weighted by Crippen LogP contribution is -2.30. The molecule has 2 aromatic rings. The van der Waals surface area contributed by atoms with Gasteiger partial charge in [-0.1, -0.05) is 11.6 Å². The summed E-state index contributed by atoms with van der Waals surface area (Å²) in [7, 11) is 1.36. The molecule has 0 saturated heterocycles. The maximum Gasteiger partial charge on any atom is 0.340 e. The number of benzene rings is 2. The minimum atomic E-state index is -1.18. The molecule has 8 nitrogen and oxygen atoms in total. The highest BCUT2D eigenvalue weighted by Gasteiger charge is 2.23. The van der Waals surface area contributed by atoms with Gasteiger partial charge in [-0.25, -0.2) is 4.79 Å². The van der Waals surface area contributed by atoms with E-state index in [4.69, 9.17) is 21.1 Å². The van der Waals surface area contributed by atoms with Gasteiger partial charge in [0.25, 0.3) is 11.6 Å². The largest absolute Gasteiger partial charge is 0.495 e. The number of hydrogen-bond donors (Lipinski definition) is 1. The molecule has 0 aliphatic rings. The van der Waals surface area contributed by atoms with Crippen LogP contribution in [0.2, 0.25) is 5.02 Å². The molecule has 10 heteroatoms. The first-order valence-corrected chi connectivity index (χ1v) is 9.55. The van der Waals surface area contributed by atoms with E-state index >= 15 is 0 Å². The van der Waals surface area contributed by atoms with Gasteiger partial charge in [-0.2, -0.15) is 0 Å². The zero-order chi connectivity index (χ0) is 20.8. The Kier molecular flexibility index (Phi) is 7.24. The number of nitrogens with one attached hydrogen (secondary N) is 1. The van der Waals surface area contributed by atoms with Crippen molar-refractivity contribution in [1.82, 2.24) is 0 Å². The highest BCUT2D eigenvalue weighted by atomic mass is 35.5. The molecule has 0 aliphatic carbocycles. The molecular formula is C18H17ClN2O6S. The number of thioether (sulfide) groups is 1. The number of nitrogens with zero attached hydrogens (tertiary/aromatic N) is 1. The fourth-order valence-electron chi connectivity index (χ4n) is 2.21. The summed E-state index contributed by atoms with van der Waals surface area (Å²) in [6.07, 6.45) is 0.673. The molecule has 1 amide bonds. The Morgan fingerprint density at radius 1 is 1.25 bits per heavy atom. The van der Waals surface area contributed by atoms with Crippen LogP contribution in [0.1, 0.15) is 17.3 Å². The fraction of sp³-hybridized carbons (Fsp3) is 0.222. The first-order chi connectivity index (χ1) is 13.3. The molecule has 0 fully saturated rings. The van der Waals surface area contributed by atoms with E-state index < -0.39 is 22.9 Å². The first-order valence-electron chi connectivity index (χ1n) is 7.94. The standard InChI is InChI=1S/C18H17ClN2O6S/c1-10(27-18(23)13-9-12(28-3)5-6-14(13)19)17(22)20-15-8-11(21(24)25)4-7-16(15)26-2/h4-10H,1-3H3,(H,20,22). The number of halogens is 1. The lowest BCUT2D eigenvalue weighted by molar-refractivity contribution is -0.384. The summed E-state index contributed by atoms with van der Waals surface area (Å²) in [5.74, 6) is -1.20. The number of anilines is 1. The molecule has 2 aromatic carbocycles. The highest BCUT2D eigenvalue weighted by Crippen LogP contribution is 2.29. The zero-order valence-corrected chi connectivity index (χ0v) is 16.8. The molecule has 148 valence electrons. The molecule has 0 aromatic heterocycles. The predicted molar refractivity (Wildman–Crippen MR) is 106 cm³/mol. The van der Waals surface area contributed by atoms with Gasteiger partial charge in [0.2, 0.25) is 0 Å². The number of nitro benzene ring substituents is 1. The molecular weight excluding hydrogens is 408 g/mol. The number of ether oxygens (including phenoxy) is 2. The molecule has 1 N–H and O–H groups in total. The summed E-state index contributed by atoms with van der Waals surface area (Å²) in [6, 6.07) is 8.67. The molecule has 0 radical (unpaired) electrons. The second kappa shape index (κ2) is 9.43. The van der Waals surface area contributed by atoms with Crippen molar-refractivity contribution in [2.75, 3.05) is 18.7 Å². The quantitative estimate of drug-likeness (QED) is 0.307. The number of methoxy groups -OCH3 is 1. The molecule has 0 saturated carbocycles. The van der Waals surface area contributed by atoms with Crippen molar-refractivity contribution in [3.63, 3.8) is 0 Å². The Hall–Kier alpha value is -2.78. The topological polar surface area (TPSA) is 108 Å². The lowest BCUT2D eigenvalue weighted by Gasteiger charge is -2.15. The molecule has 28 heavy (non-hydrogen) atoms. The Morgan fingerprint density at radius 2 is 1.96 bits per heavy atom. The number of non-ortho nitro benzene ring substituents is 1. The maximum atomic E-state index is 12.4. The second-order valence-electron chi connectivity index (χ2n) is 5.52. The van der Waals surface area contributed by atoms with Crippen LogP contribution in [-0.4, -0.2) is 36.3 Å². The molecule has 0 aliphatic heterocycles. The Balaban J connectivity index is 2.14. The van der Waals surface area contributed by atoms with E-state index in [1.165, 1.54) is 37.9 Å². The van der Waals surface area contributed by atoms with E-state index in [1.807, 2.05) is 6.26 Å². The van der Waals surface area contributed by atoms with Crippen LogP contribution in [0.15, 0.2) is 41.3 Å². The monoisotopic (exact) mass is 424 g/mol. The lowest BCUT2D eigenvalue weighted by atomic mass is 10.2. The molecule has 0 spiro atoms. The van der Waals surface area contributed by atoms with Gasteiger partial charge in [0, 0.05) is 17.0 Å². The second-order valence-corrected chi connectivity index (χ2v) is 6.81. The summed E-state index contributed by atoms with van der Waals surface area (Å²) >= 11 is 7.47. The van der Waals surface area contributed by atoms with Crippen molar-refractivity contribution in [3.8, 4) is 5.75 Å². The van der Waals surface area contributed by atoms with Gasteiger partial charge in [0.05, 0.1) is 28.3 Å². The molecule has 2 rings (SSSR count). The number of carbonyl (C=O) groups excluding carboxylic acids is 2. The van der Waals surface area contributed by atoms with E-state index in [1.54, 1.807) is 18.2 Å². The van der Waals surface area contributed by atoms with E-state index in [0.29, 0.717) is 0 Å². The fourth-order valence-corrected chi connectivity index (χ4v) is 2.84. The zero-order valence-electron chi connectivity index (χ0n) is 15.2. The number of amides is 1. The van der Waals surface area contributed by atoms with Gasteiger partial charge in [-0.3, -0.25) is 14.9 Å². The van der Waals surface area contributed by atoms with E-state index in [2.05, 4.69) is 5.32 Å². The Labute approximate surface area is 170 Å². The van der Waals surface area contributed by atoms with Crippen LogP contribution in [0, 0.1) is 10.1 Å². The van der Waals surface area contributed by atoms with Crippen LogP contribution in [0.4, 0.5) is 11.4 Å². The van der Waals surface area contributed by atoms with Gasteiger partial charge in [-0.15, -0.1) is 11.8 Å². The number of rotatable bonds is 7. The molecule has 1 atom stereocenters. The van der Waals surface area contributed by atoms with Crippen molar-refractivity contribution >= 4 is 46.6 Å². The predicted octanol–water partition coefficient (Wildman–Crippen LogP) is 4.16. The SMILES string of the molecule is COc1ccc([N+](=O)[O-])cc1NC(=O)C(C)OC(=O)c1cc(SC)ccc1Cl. The number of nitro groups is 1. The van der Waals surface area contributed by atoms with Crippen LogP contribution in [0.3, 0.4) is 0 Å². The van der Waals surface area contributed by atoms with Crippen molar-refractivity contribution < 1.29 is 24.0 Å². The van der Waals surface area contributed by atoms with Gasteiger partial charge < -0.3 is 14.8 Å². The minimum Gasteiger partial charge on any atom is -0.495 e. The molecule has 0 heterocycles. The van der Waals surface area contributed by atoms with Crippen LogP contribution >= 0.6 is 23.4 Å². The Morgan fingerprint density at radius 3 is 2.57 bits per heavy atom.